The Bertz CT molecular complexity index is 241. The highest BCUT2D eigenvalue weighted by atomic mass is 32.2. The van der Waals surface area contributed by atoms with Crippen LogP contribution >= 0.6 is 11.7 Å². The van der Waals surface area contributed by atoms with E-state index in [9.17, 15) is 0 Å². The average molecular weight is 244 g/mol. The summed E-state index contributed by atoms with van der Waals surface area (Å²) in [5.74, 6) is 0.899. The van der Waals surface area contributed by atoms with Gasteiger partial charge in [0.25, 0.3) is 0 Å². The molecule has 94 valence electrons. The zero-order valence-electron chi connectivity index (χ0n) is 12.2. The highest BCUT2D eigenvalue weighted by Crippen LogP contribution is 2.11. The minimum absolute atomic E-state index is 0.814. The van der Waals surface area contributed by atoms with Crippen LogP contribution < -0.4 is 10.8 Å². The van der Waals surface area contributed by atoms with Crippen LogP contribution in [0.5, 0.6) is 0 Å². The first-order valence-electron chi connectivity index (χ1n) is 7.49. The summed E-state index contributed by atoms with van der Waals surface area (Å²) in [6.07, 6.45) is 11.4. The topological polar surface area (TPSA) is 24.1 Å². The largest absolute Gasteiger partial charge is 0.280 e. The van der Waals surface area contributed by atoms with Crippen LogP contribution in [-0.2, 0) is 0 Å². The predicted molar refractivity (Wildman–Crippen MR) is 75.7 cm³/mol. The Balaban J connectivity index is 2.31. The van der Waals surface area contributed by atoms with Gasteiger partial charge in [-0.1, -0.05) is 44.9 Å². The first-order valence-corrected chi connectivity index (χ1v) is 7.67. The van der Waals surface area contributed by atoms with E-state index in [0.29, 0.717) is 0 Å². The minimum atomic E-state index is -0.951. The average Bonchev–Trinajstić information content (AvgIpc) is 2.36. The molecule has 16 heavy (non-hydrogen) atoms. The normalized spacial score (nSPS) is 30.8. The second kappa shape index (κ2) is 11.2. The molecule has 0 bridgehead atoms. The SMILES string of the molecule is [2H]N1C#C[SH]([2H])CCCCCCCCCCCN1. The Hall–Kier alpha value is -0.330. The van der Waals surface area contributed by atoms with Crippen LogP contribution in [0.3, 0.4) is 0 Å². The third-order valence-corrected chi connectivity index (χ3v) is 3.62. The standard InChI is InChI=1S/C13H26N2S/c1-2-4-6-8-10-14-15-11-13-16-12-9-7-5-3-1/h14-15H,1-10,12,16H2/i16D/hD. The first kappa shape index (κ1) is 10.8. The molecule has 2 nitrogen and oxygen atoms in total. The molecule has 0 amide bonds. The lowest BCUT2D eigenvalue weighted by molar-refractivity contribution is 0.539. The van der Waals surface area contributed by atoms with E-state index in [1.807, 2.05) is 0 Å². The Morgan fingerprint density at radius 2 is 1.56 bits per heavy atom. The molecule has 0 fully saturated rings. The first-order chi connectivity index (χ1) is 8.79. The Kier molecular flexibility index (Phi) is 7.54. The molecule has 3 heteroatoms. The van der Waals surface area contributed by atoms with Gasteiger partial charge in [0.2, 0.25) is 0 Å². The maximum atomic E-state index is 7.82. The molecular formula is C13H26N2S. The van der Waals surface area contributed by atoms with E-state index in [2.05, 4.69) is 16.7 Å². The molecule has 0 aromatic heterocycles. The maximum absolute atomic E-state index is 7.82. The Labute approximate surface area is 107 Å². The zero-order chi connectivity index (χ0) is 13.1. The summed E-state index contributed by atoms with van der Waals surface area (Å²) in [4.78, 5) is 0. The van der Waals surface area contributed by atoms with Crippen molar-refractivity contribution in [2.75, 3.05) is 12.3 Å². The predicted octanol–water partition coefficient (Wildman–Crippen LogP) is 2.72. The van der Waals surface area contributed by atoms with E-state index in [1.165, 1.54) is 44.9 Å². The molecule has 0 radical (unpaired) electrons. The molecule has 0 saturated carbocycles. The molecule has 1 rings (SSSR count). The lowest BCUT2D eigenvalue weighted by Crippen LogP contribution is -2.28. The molecule has 1 heterocycles. The van der Waals surface area contributed by atoms with Gasteiger partial charge >= 0.3 is 0 Å². The summed E-state index contributed by atoms with van der Waals surface area (Å²) in [5.41, 5.74) is 4.02. The monoisotopic (exact) mass is 244 g/mol. The van der Waals surface area contributed by atoms with E-state index in [4.69, 9.17) is 2.54 Å². The molecule has 2 N–H and O–H groups in total. The molecule has 1 aliphatic rings. The smallest absolute Gasteiger partial charge is 0.192 e. The van der Waals surface area contributed by atoms with Crippen LogP contribution in [0.25, 0.3) is 0 Å². The van der Waals surface area contributed by atoms with Gasteiger partial charge < -0.3 is 0 Å². The quantitative estimate of drug-likeness (QED) is 0.640. The summed E-state index contributed by atoms with van der Waals surface area (Å²) in [6, 6.07) is 2.69. The third kappa shape index (κ3) is 8.94. The van der Waals surface area contributed by atoms with Crippen LogP contribution in [-0.4, -0.2) is 13.4 Å². The van der Waals surface area contributed by atoms with Gasteiger partial charge in [-0.25, -0.2) is 5.43 Å². The van der Waals surface area contributed by atoms with Gasteiger partial charge in [0.1, 0.15) is 0 Å². The number of hydrogen-bond donors (Lipinski definition) is 2. The summed E-state index contributed by atoms with van der Waals surface area (Å²) in [7, 11) is 0. The Morgan fingerprint density at radius 3 is 2.31 bits per heavy atom. The molecule has 0 aromatic rings. The van der Waals surface area contributed by atoms with Gasteiger partial charge in [-0.3, -0.25) is 5.42 Å². The van der Waals surface area contributed by atoms with Crippen LogP contribution in [0, 0.1) is 11.3 Å². The van der Waals surface area contributed by atoms with Crippen molar-refractivity contribution in [2.24, 2.45) is 0 Å². The van der Waals surface area contributed by atoms with Crippen LogP contribution in [0.2, 0.25) is 1.41 Å². The van der Waals surface area contributed by atoms with Crippen molar-refractivity contribution in [3.8, 4) is 11.3 Å². The number of hydrazine groups is 1. The van der Waals surface area contributed by atoms with Crippen molar-refractivity contribution in [3.63, 3.8) is 0 Å². The van der Waals surface area contributed by atoms with E-state index in [0.717, 1.165) is 30.6 Å². The number of nitrogens with one attached hydrogen (secondary N) is 2. The van der Waals surface area contributed by atoms with Gasteiger partial charge in [0, 0.05) is 12.6 Å². The fraction of sp³-hybridized carbons (Fsp3) is 0.846. The molecule has 1 aliphatic heterocycles. The second-order valence-corrected chi connectivity index (χ2v) is 5.29. The van der Waals surface area contributed by atoms with Crippen molar-refractivity contribution in [1.82, 2.24) is 10.8 Å². The van der Waals surface area contributed by atoms with E-state index < -0.39 is 11.7 Å². The van der Waals surface area contributed by atoms with Gasteiger partial charge in [0.15, 0.2) is 1.41 Å². The molecular weight excluding hydrogens is 216 g/mol. The second-order valence-electron chi connectivity index (χ2n) is 4.31. The van der Waals surface area contributed by atoms with Crippen molar-refractivity contribution in [1.29, 1.82) is 1.12 Å². The molecule has 0 aliphatic carbocycles. The van der Waals surface area contributed by atoms with Gasteiger partial charge in [-0.2, -0.15) is 11.7 Å². The fourth-order valence-corrected chi connectivity index (χ4v) is 2.46. The third-order valence-electron chi connectivity index (χ3n) is 2.82. The van der Waals surface area contributed by atoms with Crippen molar-refractivity contribution >= 4 is 11.7 Å². The molecule has 0 saturated heterocycles. The van der Waals surface area contributed by atoms with E-state index in [1.54, 1.807) is 0 Å². The highest BCUT2D eigenvalue weighted by molar-refractivity contribution is 8.03. The lowest BCUT2D eigenvalue weighted by atomic mass is 10.1. The maximum Gasteiger partial charge on any atom is 0.192 e. The lowest BCUT2D eigenvalue weighted by Gasteiger charge is -2.04. The Morgan fingerprint density at radius 1 is 0.938 bits per heavy atom. The molecule has 0 aromatic carbocycles. The van der Waals surface area contributed by atoms with Crippen molar-refractivity contribution in [3.05, 3.63) is 0 Å². The molecule has 1 atom stereocenters. The van der Waals surface area contributed by atoms with Crippen molar-refractivity contribution in [2.45, 2.75) is 57.8 Å². The van der Waals surface area contributed by atoms with Crippen LogP contribution in [0.4, 0.5) is 0 Å². The van der Waals surface area contributed by atoms with Crippen molar-refractivity contribution < 1.29 is 1.41 Å². The van der Waals surface area contributed by atoms with Gasteiger partial charge in [0.05, 0.1) is 1.12 Å². The summed E-state index contributed by atoms with van der Waals surface area (Å²) >= 11 is -0.951. The highest BCUT2D eigenvalue weighted by Gasteiger charge is 1.93. The fourth-order valence-electron chi connectivity index (χ4n) is 1.84. The minimum Gasteiger partial charge on any atom is -0.280 e. The number of hydrogen-bond acceptors (Lipinski definition) is 2. The number of rotatable bonds is 0. The molecule has 0 spiro atoms. The van der Waals surface area contributed by atoms with E-state index >= 15 is 0 Å². The molecule has 1 unspecified atom stereocenters. The summed E-state index contributed by atoms with van der Waals surface area (Å²) in [6.45, 7) is 0.814. The zero-order valence-corrected chi connectivity index (χ0v) is 11.1. The van der Waals surface area contributed by atoms with Crippen LogP contribution in [0.1, 0.15) is 57.8 Å². The summed E-state index contributed by atoms with van der Waals surface area (Å²) < 4.78 is 15.4. The summed E-state index contributed by atoms with van der Waals surface area (Å²) in [5, 5.41) is 2.87. The van der Waals surface area contributed by atoms with Gasteiger partial charge in [-0.05, 0) is 23.8 Å². The van der Waals surface area contributed by atoms with Crippen LogP contribution in [0.15, 0.2) is 0 Å². The van der Waals surface area contributed by atoms with E-state index in [-0.39, 0.29) is 0 Å². The van der Waals surface area contributed by atoms with Gasteiger partial charge in [-0.15, -0.1) is 0 Å².